The van der Waals surface area contributed by atoms with Crippen molar-refractivity contribution in [3.63, 3.8) is 0 Å². The van der Waals surface area contributed by atoms with E-state index in [4.69, 9.17) is 9.47 Å². The molecule has 1 N–H and O–H groups in total. The molecule has 0 aromatic carbocycles. The quantitative estimate of drug-likeness (QED) is 0.832. The van der Waals surface area contributed by atoms with Gasteiger partial charge in [0.05, 0.1) is 12.6 Å². The molecule has 1 aliphatic carbocycles. The molecule has 1 spiro atoms. The van der Waals surface area contributed by atoms with Crippen LogP contribution in [0.4, 0.5) is 0 Å². The summed E-state index contributed by atoms with van der Waals surface area (Å²) in [6.07, 6.45) is 5.31. The van der Waals surface area contributed by atoms with Gasteiger partial charge in [0.1, 0.15) is 12.2 Å². The van der Waals surface area contributed by atoms with Gasteiger partial charge in [0.2, 0.25) is 0 Å². The average molecular weight is 322 g/mol. The van der Waals surface area contributed by atoms with Crippen molar-refractivity contribution in [1.82, 2.24) is 20.1 Å². The first kappa shape index (κ1) is 16.9. The molecule has 0 radical (unpaired) electrons. The minimum absolute atomic E-state index is 0.247. The van der Waals surface area contributed by atoms with E-state index in [1.54, 1.807) is 6.33 Å². The number of aromatic nitrogens is 3. The van der Waals surface area contributed by atoms with Crippen LogP contribution in [0.2, 0.25) is 0 Å². The summed E-state index contributed by atoms with van der Waals surface area (Å²) in [5.74, 6) is 1.60. The van der Waals surface area contributed by atoms with Gasteiger partial charge in [0.25, 0.3) is 0 Å². The van der Waals surface area contributed by atoms with E-state index in [1.807, 2.05) is 4.68 Å². The molecule has 6 nitrogen and oxygen atoms in total. The van der Waals surface area contributed by atoms with E-state index in [0.717, 1.165) is 58.0 Å². The lowest BCUT2D eigenvalue weighted by molar-refractivity contribution is -0.173. The second kappa shape index (κ2) is 7.28. The third kappa shape index (κ3) is 3.44. The van der Waals surface area contributed by atoms with E-state index >= 15 is 0 Å². The summed E-state index contributed by atoms with van der Waals surface area (Å²) in [7, 11) is 0. The van der Waals surface area contributed by atoms with Gasteiger partial charge in [0, 0.05) is 37.8 Å². The predicted octanol–water partition coefficient (Wildman–Crippen LogP) is 2.00. The second-order valence-corrected chi connectivity index (χ2v) is 7.21. The maximum absolute atomic E-state index is 5.99. The Hall–Kier alpha value is -0.980. The van der Waals surface area contributed by atoms with Gasteiger partial charge in [-0.2, -0.15) is 5.10 Å². The summed E-state index contributed by atoms with van der Waals surface area (Å²) < 4.78 is 13.6. The fraction of sp³-hybridized carbons (Fsp3) is 0.882. The van der Waals surface area contributed by atoms with E-state index in [2.05, 4.69) is 36.2 Å². The number of hydrogen-bond acceptors (Lipinski definition) is 5. The molecule has 6 heteroatoms. The first-order valence-electron chi connectivity index (χ1n) is 8.95. The zero-order chi connectivity index (χ0) is 16.3. The normalized spacial score (nSPS) is 26.6. The minimum Gasteiger partial charge on any atom is -0.381 e. The van der Waals surface area contributed by atoms with Crippen LogP contribution in [0, 0.1) is 11.3 Å². The number of ether oxygens (including phenoxy) is 2. The van der Waals surface area contributed by atoms with Crippen molar-refractivity contribution in [3.05, 3.63) is 12.2 Å². The van der Waals surface area contributed by atoms with Crippen LogP contribution in [0.1, 0.15) is 45.9 Å². The Kier molecular flexibility index (Phi) is 5.34. The fourth-order valence-corrected chi connectivity index (χ4v) is 4.03. The van der Waals surface area contributed by atoms with Crippen molar-refractivity contribution in [3.8, 4) is 0 Å². The number of hydrogen-bond donors (Lipinski definition) is 1. The number of nitrogens with one attached hydrogen (secondary N) is 1. The Balaban J connectivity index is 1.60. The Morgan fingerprint density at radius 3 is 2.91 bits per heavy atom. The highest BCUT2D eigenvalue weighted by molar-refractivity contribution is 5.09. The summed E-state index contributed by atoms with van der Waals surface area (Å²) in [5.41, 5.74) is 0.247. The lowest BCUT2D eigenvalue weighted by Gasteiger charge is -2.57. The molecule has 1 saturated carbocycles. The van der Waals surface area contributed by atoms with Gasteiger partial charge >= 0.3 is 0 Å². The van der Waals surface area contributed by atoms with Crippen LogP contribution in [0.25, 0.3) is 0 Å². The molecule has 0 bridgehead atoms. The predicted molar refractivity (Wildman–Crippen MR) is 88.0 cm³/mol. The fourth-order valence-electron chi connectivity index (χ4n) is 4.03. The van der Waals surface area contributed by atoms with Gasteiger partial charge in [-0.25, -0.2) is 9.67 Å². The minimum atomic E-state index is 0.247. The maximum atomic E-state index is 5.99. The van der Waals surface area contributed by atoms with Gasteiger partial charge in [-0.3, -0.25) is 0 Å². The van der Waals surface area contributed by atoms with Crippen molar-refractivity contribution in [2.75, 3.05) is 19.8 Å². The van der Waals surface area contributed by atoms with Crippen molar-refractivity contribution < 1.29 is 9.47 Å². The second-order valence-electron chi connectivity index (χ2n) is 7.21. The monoisotopic (exact) mass is 322 g/mol. The summed E-state index contributed by atoms with van der Waals surface area (Å²) in [6.45, 7) is 10.7. The molecule has 1 aromatic heterocycles. The third-order valence-corrected chi connectivity index (χ3v) is 5.32. The van der Waals surface area contributed by atoms with Gasteiger partial charge in [-0.05, 0) is 32.1 Å². The van der Waals surface area contributed by atoms with Gasteiger partial charge < -0.3 is 14.8 Å². The van der Waals surface area contributed by atoms with Crippen molar-refractivity contribution in [2.24, 2.45) is 11.3 Å². The third-order valence-electron chi connectivity index (χ3n) is 5.32. The van der Waals surface area contributed by atoms with Crippen LogP contribution in [-0.4, -0.2) is 46.7 Å². The molecule has 2 atom stereocenters. The van der Waals surface area contributed by atoms with E-state index < -0.39 is 0 Å². The molecule has 1 aromatic rings. The van der Waals surface area contributed by atoms with Gasteiger partial charge in [-0.15, -0.1) is 0 Å². The Labute approximate surface area is 138 Å². The molecule has 2 heterocycles. The molecule has 0 amide bonds. The molecule has 1 aliphatic heterocycles. The SMILES string of the molecule is CCO[C@H]1C[C@H](NCc2ncnn2CC(C)C)C12CCOCC2. The molecule has 2 aliphatic rings. The van der Waals surface area contributed by atoms with Crippen molar-refractivity contribution >= 4 is 0 Å². The molecular weight excluding hydrogens is 292 g/mol. The highest BCUT2D eigenvalue weighted by atomic mass is 16.5. The number of rotatable bonds is 7. The molecule has 0 unspecified atom stereocenters. The number of nitrogens with zero attached hydrogens (tertiary/aromatic N) is 3. The molecule has 2 fully saturated rings. The van der Waals surface area contributed by atoms with E-state index in [0.29, 0.717) is 18.1 Å². The summed E-state index contributed by atoms with van der Waals surface area (Å²) in [5, 5.41) is 8.07. The summed E-state index contributed by atoms with van der Waals surface area (Å²) in [6, 6.07) is 0.493. The van der Waals surface area contributed by atoms with Crippen LogP contribution >= 0.6 is 0 Å². The van der Waals surface area contributed by atoms with Gasteiger partial charge in [0.15, 0.2) is 0 Å². The highest BCUT2D eigenvalue weighted by Gasteiger charge is 2.55. The first-order valence-corrected chi connectivity index (χ1v) is 8.95. The van der Waals surface area contributed by atoms with Crippen LogP contribution in [0.3, 0.4) is 0 Å². The summed E-state index contributed by atoms with van der Waals surface area (Å²) in [4.78, 5) is 4.42. The molecular formula is C17H30N4O2. The highest BCUT2D eigenvalue weighted by Crippen LogP contribution is 2.50. The standard InChI is InChI=1S/C17H30N4O2/c1-4-23-15-9-14(17(15)5-7-22-8-6-17)18-10-16-19-12-20-21(16)11-13(2)3/h12-15,18H,4-11H2,1-3H3/t14-,15-/m0/s1. The zero-order valence-corrected chi connectivity index (χ0v) is 14.6. The van der Waals surface area contributed by atoms with E-state index in [-0.39, 0.29) is 5.41 Å². The largest absolute Gasteiger partial charge is 0.381 e. The van der Waals surface area contributed by atoms with Crippen molar-refractivity contribution in [1.29, 1.82) is 0 Å². The van der Waals surface area contributed by atoms with Crippen LogP contribution in [0.5, 0.6) is 0 Å². The molecule has 3 rings (SSSR count). The molecule has 130 valence electrons. The Morgan fingerprint density at radius 1 is 1.43 bits per heavy atom. The first-order chi connectivity index (χ1) is 11.2. The smallest absolute Gasteiger partial charge is 0.140 e. The zero-order valence-electron chi connectivity index (χ0n) is 14.6. The van der Waals surface area contributed by atoms with Crippen LogP contribution in [0.15, 0.2) is 6.33 Å². The van der Waals surface area contributed by atoms with Gasteiger partial charge in [-0.1, -0.05) is 13.8 Å². The molecule has 1 saturated heterocycles. The van der Waals surface area contributed by atoms with Crippen molar-refractivity contribution in [2.45, 2.75) is 65.3 Å². The van der Waals surface area contributed by atoms with E-state index in [9.17, 15) is 0 Å². The Bertz CT molecular complexity index is 497. The van der Waals surface area contributed by atoms with E-state index in [1.165, 1.54) is 0 Å². The lowest BCUT2D eigenvalue weighted by atomic mass is 9.57. The van der Waals surface area contributed by atoms with Crippen LogP contribution in [-0.2, 0) is 22.6 Å². The maximum Gasteiger partial charge on any atom is 0.140 e. The Morgan fingerprint density at radius 2 is 2.22 bits per heavy atom. The lowest BCUT2D eigenvalue weighted by Crippen LogP contribution is -2.65. The average Bonchev–Trinajstić information content (AvgIpc) is 2.97. The topological polar surface area (TPSA) is 61.2 Å². The van der Waals surface area contributed by atoms with Crippen LogP contribution < -0.4 is 5.32 Å². The molecule has 23 heavy (non-hydrogen) atoms. The summed E-state index contributed by atoms with van der Waals surface area (Å²) >= 11 is 0.